The molecule has 0 spiro atoms. The lowest BCUT2D eigenvalue weighted by Crippen LogP contribution is -2.14. The van der Waals surface area contributed by atoms with E-state index in [1.165, 1.54) is 12.1 Å². The summed E-state index contributed by atoms with van der Waals surface area (Å²) in [6.07, 6.45) is 0. The molecule has 15 heavy (non-hydrogen) atoms. The van der Waals surface area contributed by atoms with Gasteiger partial charge in [0.1, 0.15) is 0 Å². The number of aryl methyl sites for hydroxylation is 1. The van der Waals surface area contributed by atoms with Crippen LogP contribution in [0.25, 0.3) is 0 Å². The Morgan fingerprint density at radius 1 is 1.40 bits per heavy atom. The van der Waals surface area contributed by atoms with Gasteiger partial charge >= 0.3 is 13.3 Å². The Morgan fingerprint density at radius 3 is 2.33 bits per heavy atom. The molecule has 84 valence electrons. The summed E-state index contributed by atoms with van der Waals surface area (Å²) in [6.45, 7) is 1.68. The van der Waals surface area contributed by atoms with Crippen molar-refractivity contribution < 1.29 is 23.1 Å². The first kappa shape index (κ1) is 12.8. The van der Waals surface area contributed by atoms with Gasteiger partial charge in [0.25, 0.3) is 0 Å². The van der Waals surface area contributed by atoms with Gasteiger partial charge in [0.2, 0.25) is 0 Å². The zero-order valence-electron chi connectivity index (χ0n) is 7.62. The summed E-state index contributed by atoms with van der Waals surface area (Å²) < 4.78 is 37.1. The van der Waals surface area contributed by atoms with E-state index in [1.807, 2.05) is 0 Å². The molecule has 3 nitrogen and oxygen atoms in total. The largest absolute Gasteiger partial charge is 0.399 e. The molecule has 0 aromatic heterocycles. The number of hydrogen-bond donors (Lipinski definition) is 2. The standard InChI is InChI=1S/C8H8BrF2O3P/c1-5-2-3-6(7(9)4-5)8(10,11)15(12,13)14/h2-4H,1H3,(H2,12,13,14). The molecule has 0 aliphatic rings. The Kier molecular flexibility index (Phi) is 3.36. The lowest BCUT2D eigenvalue weighted by Gasteiger charge is -2.19. The molecular formula is C8H8BrF2O3P. The van der Waals surface area contributed by atoms with Crippen molar-refractivity contribution in [2.24, 2.45) is 0 Å². The summed E-state index contributed by atoms with van der Waals surface area (Å²) in [4.78, 5) is 17.1. The van der Waals surface area contributed by atoms with E-state index >= 15 is 0 Å². The normalized spacial score (nSPS) is 12.9. The van der Waals surface area contributed by atoms with Gasteiger partial charge in [0.05, 0.1) is 0 Å². The summed E-state index contributed by atoms with van der Waals surface area (Å²) in [5, 5.41) is 0. The minimum Gasteiger partial charge on any atom is -0.320 e. The quantitative estimate of drug-likeness (QED) is 0.826. The molecule has 1 rings (SSSR count). The van der Waals surface area contributed by atoms with Crippen LogP contribution in [-0.4, -0.2) is 9.79 Å². The minimum absolute atomic E-state index is 0.0178. The van der Waals surface area contributed by atoms with Crippen LogP contribution in [0.5, 0.6) is 0 Å². The van der Waals surface area contributed by atoms with Crippen LogP contribution in [0.1, 0.15) is 11.1 Å². The SMILES string of the molecule is Cc1ccc(C(F)(F)P(=O)(O)O)c(Br)c1. The molecule has 0 radical (unpaired) electrons. The van der Waals surface area contributed by atoms with E-state index in [4.69, 9.17) is 9.79 Å². The second-order valence-electron chi connectivity index (χ2n) is 3.07. The molecule has 0 saturated heterocycles. The van der Waals surface area contributed by atoms with Crippen LogP contribution in [0.4, 0.5) is 8.78 Å². The Hall–Kier alpha value is -0.290. The van der Waals surface area contributed by atoms with Crippen LogP contribution in [0.3, 0.4) is 0 Å². The number of hydrogen-bond acceptors (Lipinski definition) is 1. The summed E-state index contributed by atoms with van der Waals surface area (Å²) in [6, 6.07) is 3.74. The van der Waals surface area contributed by atoms with Crippen molar-refractivity contribution in [3.05, 3.63) is 33.8 Å². The fourth-order valence-electron chi connectivity index (χ4n) is 1.02. The molecule has 0 atom stereocenters. The average molecular weight is 301 g/mol. The monoisotopic (exact) mass is 300 g/mol. The van der Waals surface area contributed by atoms with E-state index in [0.29, 0.717) is 5.56 Å². The molecule has 0 amide bonds. The Morgan fingerprint density at radius 2 is 1.93 bits per heavy atom. The summed E-state index contributed by atoms with van der Waals surface area (Å²) in [5.41, 5.74) is -4.16. The second-order valence-corrected chi connectivity index (χ2v) is 5.57. The van der Waals surface area contributed by atoms with Crippen molar-refractivity contribution in [1.82, 2.24) is 0 Å². The molecule has 0 saturated carbocycles. The maximum absolute atomic E-state index is 13.3. The molecule has 0 aliphatic heterocycles. The van der Waals surface area contributed by atoms with Crippen molar-refractivity contribution in [3.63, 3.8) is 0 Å². The second kappa shape index (κ2) is 3.94. The van der Waals surface area contributed by atoms with Crippen LogP contribution in [0.15, 0.2) is 22.7 Å². The van der Waals surface area contributed by atoms with E-state index in [9.17, 15) is 13.3 Å². The Balaban J connectivity index is 3.34. The van der Waals surface area contributed by atoms with E-state index in [-0.39, 0.29) is 4.47 Å². The van der Waals surface area contributed by atoms with Crippen molar-refractivity contribution in [2.45, 2.75) is 12.6 Å². The van der Waals surface area contributed by atoms with E-state index in [2.05, 4.69) is 15.9 Å². The molecule has 0 heterocycles. The molecule has 7 heteroatoms. The third-order valence-corrected chi connectivity index (χ3v) is 3.44. The third kappa shape index (κ3) is 2.45. The maximum Gasteiger partial charge on any atom is 0.399 e. The van der Waals surface area contributed by atoms with Gasteiger partial charge in [0, 0.05) is 10.0 Å². The molecule has 0 fully saturated rings. The fourth-order valence-corrected chi connectivity index (χ4v) is 2.43. The van der Waals surface area contributed by atoms with Gasteiger partial charge in [-0.25, -0.2) is 0 Å². The van der Waals surface area contributed by atoms with Crippen LogP contribution < -0.4 is 0 Å². The smallest absolute Gasteiger partial charge is 0.320 e. The van der Waals surface area contributed by atoms with Gasteiger partial charge in [-0.05, 0) is 18.6 Å². The third-order valence-electron chi connectivity index (χ3n) is 1.81. The van der Waals surface area contributed by atoms with Gasteiger partial charge < -0.3 is 9.79 Å². The number of benzene rings is 1. The number of halogens is 3. The average Bonchev–Trinajstić information content (AvgIpc) is 2.00. The first-order valence-electron chi connectivity index (χ1n) is 3.86. The lowest BCUT2D eigenvalue weighted by molar-refractivity contribution is 0.0557. The maximum atomic E-state index is 13.3. The zero-order valence-corrected chi connectivity index (χ0v) is 10.1. The summed E-state index contributed by atoms with van der Waals surface area (Å²) in [5.74, 6) is 0. The molecule has 1 aromatic carbocycles. The first-order chi connectivity index (χ1) is 6.66. The molecule has 0 aliphatic carbocycles. The molecule has 2 N–H and O–H groups in total. The van der Waals surface area contributed by atoms with Gasteiger partial charge in [-0.1, -0.05) is 28.1 Å². The van der Waals surface area contributed by atoms with Crippen molar-refractivity contribution in [1.29, 1.82) is 0 Å². The Labute approximate surface area is 93.4 Å². The van der Waals surface area contributed by atoms with Crippen LogP contribution in [0, 0.1) is 6.92 Å². The molecule has 1 aromatic rings. The minimum atomic E-state index is -5.50. The highest BCUT2D eigenvalue weighted by atomic mass is 79.9. The topological polar surface area (TPSA) is 57.5 Å². The van der Waals surface area contributed by atoms with E-state index < -0.39 is 18.8 Å². The first-order valence-corrected chi connectivity index (χ1v) is 6.27. The van der Waals surface area contributed by atoms with Crippen LogP contribution in [0.2, 0.25) is 0 Å². The highest BCUT2D eigenvalue weighted by Gasteiger charge is 2.51. The van der Waals surface area contributed by atoms with Gasteiger partial charge in [-0.15, -0.1) is 0 Å². The molecule has 0 bridgehead atoms. The van der Waals surface area contributed by atoms with Crippen molar-refractivity contribution in [2.75, 3.05) is 0 Å². The highest BCUT2D eigenvalue weighted by molar-refractivity contribution is 9.10. The number of rotatable bonds is 2. The van der Waals surface area contributed by atoms with E-state index in [1.54, 1.807) is 6.92 Å². The zero-order chi connectivity index (χ0) is 11.9. The van der Waals surface area contributed by atoms with Gasteiger partial charge in [0.15, 0.2) is 0 Å². The van der Waals surface area contributed by atoms with Gasteiger partial charge in [-0.2, -0.15) is 8.78 Å². The summed E-state index contributed by atoms with van der Waals surface area (Å²) in [7, 11) is -5.50. The van der Waals surface area contributed by atoms with Crippen LogP contribution in [-0.2, 0) is 10.2 Å². The molecular weight excluding hydrogens is 293 g/mol. The molecule has 0 unspecified atom stereocenters. The van der Waals surface area contributed by atoms with E-state index in [0.717, 1.165) is 6.07 Å². The van der Waals surface area contributed by atoms with Crippen molar-refractivity contribution >= 4 is 23.5 Å². The lowest BCUT2D eigenvalue weighted by atomic mass is 10.1. The summed E-state index contributed by atoms with van der Waals surface area (Å²) >= 11 is 2.85. The highest BCUT2D eigenvalue weighted by Crippen LogP contribution is 2.60. The Bertz CT molecular complexity index is 430. The van der Waals surface area contributed by atoms with Crippen LogP contribution >= 0.6 is 23.5 Å². The van der Waals surface area contributed by atoms with Gasteiger partial charge in [-0.3, -0.25) is 4.57 Å². The predicted octanol–water partition coefficient (Wildman–Crippen LogP) is 2.98. The predicted molar refractivity (Wildman–Crippen MR) is 54.8 cm³/mol. The van der Waals surface area contributed by atoms with Crippen molar-refractivity contribution in [3.8, 4) is 0 Å². The number of alkyl halides is 2. The fraction of sp³-hybridized carbons (Fsp3) is 0.250.